The number of allylic oxidation sites excluding steroid dienone is 2. The van der Waals surface area contributed by atoms with Crippen molar-refractivity contribution < 1.29 is 24.9 Å². The quantitative estimate of drug-likeness (QED) is 0.471. The molecule has 17 heavy (non-hydrogen) atoms. The van der Waals surface area contributed by atoms with Crippen molar-refractivity contribution in [3.8, 4) is 0 Å². The van der Waals surface area contributed by atoms with Crippen molar-refractivity contribution >= 4 is 6.03 Å². The summed E-state index contributed by atoms with van der Waals surface area (Å²) in [5.41, 5.74) is 0. The molecule has 7 heteroatoms. The van der Waals surface area contributed by atoms with Gasteiger partial charge in [0.25, 0.3) is 0 Å². The standard InChI is InChI=1S/C10H14N2O5/c13-5-6-7(14)8(15)9(17-6)12-4-2-1-3-11-10(12)16/h1-4,6-9,13-15H,5H2,(H,11,16). The molecule has 0 aromatic heterocycles. The molecule has 2 heterocycles. The van der Waals surface area contributed by atoms with Crippen LogP contribution in [0.25, 0.3) is 0 Å². The summed E-state index contributed by atoms with van der Waals surface area (Å²) in [5.74, 6) is 0. The van der Waals surface area contributed by atoms with Crippen LogP contribution in [-0.4, -0.2) is 57.4 Å². The lowest BCUT2D eigenvalue weighted by Crippen LogP contribution is -2.47. The van der Waals surface area contributed by atoms with Crippen molar-refractivity contribution in [2.75, 3.05) is 6.61 Å². The van der Waals surface area contributed by atoms with E-state index in [0.717, 1.165) is 4.90 Å². The summed E-state index contributed by atoms with van der Waals surface area (Å²) >= 11 is 0. The SMILES string of the molecule is O=C1NC=CC=CN1C1OC(CO)C(O)C1O. The van der Waals surface area contributed by atoms with Gasteiger partial charge in [-0.3, -0.25) is 4.90 Å². The van der Waals surface area contributed by atoms with E-state index in [0.29, 0.717) is 0 Å². The Labute approximate surface area is 97.6 Å². The Morgan fingerprint density at radius 1 is 1.35 bits per heavy atom. The third kappa shape index (κ3) is 2.18. The minimum absolute atomic E-state index is 0.424. The van der Waals surface area contributed by atoms with Gasteiger partial charge in [-0.1, -0.05) is 0 Å². The number of urea groups is 1. The Morgan fingerprint density at radius 2 is 2.12 bits per heavy atom. The third-order valence-corrected chi connectivity index (χ3v) is 2.69. The normalized spacial score (nSPS) is 37.1. The monoisotopic (exact) mass is 242 g/mol. The molecular weight excluding hydrogens is 228 g/mol. The van der Waals surface area contributed by atoms with Crippen LogP contribution in [0.4, 0.5) is 4.79 Å². The van der Waals surface area contributed by atoms with Crippen LogP contribution in [0, 0.1) is 0 Å². The second-order valence-electron chi connectivity index (χ2n) is 3.79. The maximum Gasteiger partial charge on any atom is 0.327 e. The smallest absolute Gasteiger partial charge is 0.327 e. The van der Waals surface area contributed by atoms with Crippen LogP contribution in [0.2, 0.25) is 0 Å². The average Bonchev–Trinajstić information content (AvgIpc) is 2.51. The molecule has 94 valence electrons. The molecule has 2 aliphatic heterocycles. The topological polar surface area (TPSA) is 102 Å². The minimum atomic E-state index is -1.26. The number of carbonyl (C=O) groups is 1. The van der Waals surface area contributed by atoms with Crippen LogP contribution in [0.5, 0.6) is 0 Å². The van der Waals surface area contributed by atoms with Crippen LogP contribution >= 0.6 is 0 Å². The highest BCUT2D eigenvalue weighted by Crippen LogP contribution is 2.24. The van der Waals surface area contributed by atoms with Crippen molar-refractivity contribution in [3.05, 3.63) is 24.6 Å². The van der Waals surface area contributed by atoms with Gasteiger partial charge >= 0.3 is 6.03 Å². The Balaban J connectivity index is 2.15. The van der Waals surface area contributed by atoms with Crippen molar-refractivity contribution in [2.24, 2.45) is 0 Å². The molecule has 1 fully saturated rings. The summed E-state index contributed by atoms with van der Waals surface area (Å²) in [7, 11) is 0. The molecule has 2 aliphatic rings. The molecule has 0 aromatic carbocycles. The Hall–Kier alpha value is -1.41. The fraction of sp³-hybridized carbons (Fsp3) is 0.500. The maximum absolute atomic E-state index is 11.6. The van der Waals surface area contributed by atoms with Gasteiger partial charge in [0.05, 0.1) is 6.61 Å². The van der Waals surface area contributed by atoms with E-state index >= 15 is 0 Å². The van der Waals surface area contributed by atoms with Gasteiger partial charge < -0.3 is 25.4 Å². The zero-order valence-corrected chi connectivity index (χ0v) is 8.93. The number of aliphatic hydroxyl groups excluding tert-OH is 3. The number of hydrogen-bond donors (Lipinski definition) is 4. The maximum atomic E-state index is 11.6. The number of amides is 2. The van der Waals surface area contributed by atoms with Gasteiger partial charge in [-0.2, -0.15) is 0 Å². The molecule has 4 N–H and O–H groups in total. The van der Waals surface area contributed by atoms with E-state index in [1.807, 2.05) is 0 Å². The highest BCUT2D eigenvalue weighted by Gasteiger charge is 2.46. The Kier molecular flexibility index (Phi) is 3.43. The highest BCUT2D eigenvalue weighted by atomic mass is 16.6. The lowest BCUT2D eigenvalue weighted by atomic mass is 10.1. The van der Waals surface area contributed by atoms with Crippen molar-refractivity contribution in [1.82, 2.24) is 10.2 Å². The van der Waals surface area contributed by atoms with Gasteiger partial charge in [0.15, 0.2) is 6.23 Å². The first-order valence-corrected chi connectivity index (χ1v) is 5.20. The zero-order chi connectivity index (χ0) is 12.4. The van der Waals surface area contributed by atoms with E-state index in [1.165, 1.54) is 12.4 Å². The van der Waals surface area contributed by atoms with E-state index in [1.54, 1.807) is 12.2 Å². The third-order valence-electron chi connectivity index (χ3n) is 2.69. The molecule has 0 spiro atoms. The Bertz CT molecular complexity index is 357. The number of hydrogen-bond acceptors (Lipinski definition) is 5. The fourth-order valence-electron chi connectivity index (χ4n) is 1.77. The van der Waals surface area contributed by atoms with Crippen molar-refractivity contribution in [2.45, 2.75) is 24.5 Å². The van der Waals surface area contributed by atoms with Crippen molar-refractivity contribution in [3.63, 3.8) is 0 Å². The van der Waals surface area contributed by atoms with Gasteiger partial charge in [0.1, 0.15) is 18.3 Å². The molecule has 0 saturated carbocycles. The first kappa shape index (κ1) is 12.1. The number of nitrogens with zero attached hydrogens (tertiary/aromatic N) is 1. The minimum Gasteiger partial charge on any atom is -0.394 e. The summed E-state index contributed by atoms with van der Waals surface area (Å²) in [6.07, 6.45) is 1.68. The van der Waals surface area contributed by atoms with Gasteiger partial charge in [0, 0.05) is 12.4 Å². The number of carbonyl (C=O) groups excluding carboxylic acids is 1. The number of nitrogens with one attached hydrogen (secondary N) is 1. The lowest BCUT2D eigenvalue weighted by molar-refractivity contribution is -0.0645. The van der Waals surface area contributed by atoms with Crippen LogP contribution < -0.4 is 5.32 Å². The van der Waals surface area contributed by atoms with Crippen LogP contribution in [-0.2, 0) is 4.74 Å². The number of ether oxygens (including phenoxy) is 1. The first-order chi connectivity index (χ1) is 8.15. The molecule has 7 nitrogen and oxygen atoms in total. The van der Waals surface area contributed by atoms with E-state index in [4.69, 9.17) is 9.84 Å². The van der Waals surface area contributed by atoms with E-state index in [-0.39, 0.29) is 0 Å². The molecule has 0 radical (unpaired) electrons. The average molecular weight is 242 g/mol. The summed E-state index contributed by atoms with van der Waals surface area (Å²) < 4.78 is 5.24. The van der Waals surface area contributed by atoms with E-state index < -0.39 is 37.2 Å². The van der Waals surface area contributed by atoms with Crippen LogP contribution in [0.3, 0.4) is 0 Å². The lowest BCUT2D eigenvalue weighted by Gasteiger charge is -2.26. The van der Waals surface area contributed by atoms with Gasteiger partial charge in [0.2, 0.25) is 0 Å². The fourth-order valence-corrected chi connectivity index (χ4v) is 1.77. The second kappa shape index (κ2) is 4.84. The number of rotatable bonds is 2. The molecule has 0 aromatic rings. The van der Waals surface area contributed by atoms with Crippen LogP contribution in [0.1, 0.15) is 0 Å². The molecule has 4 atom stereocenters. The van der Waals surface area contributed by atoms with Crippen molar-refractivity contribution in [1.29, 1.82) is 0 Å². The molecule has 0 bridgehead atoms. The molecule has 0 aliphatic carbocycles. The molecule has 4 unspecified atom stereocenters. The summed E-state index contributed by atoms with van der Waals surface area (Å²) in [6, 6.07) is -0.482. The van der Waals surface area contributed by atoms with E-state index in [9.17, 15) is 15.0 Å². The second-order valence-corrected chi connectivity index (χ2v) is 3.79. The predicted octanol–water partition coefficient (Wildman–Crippen LogP) is -1.52. The van der Waals surface area contributed by atoms with Gasteiger partial charge in [-0.15, -0.1) is 0 Å². The highest BCUT2D eigenvalue weighted by molar-refractivity contribution is 5.77. The largest absolute Gasteiger partial charge is 0.394 e. The van der Waals surface area contributed by atoms with E-state index in [2.05, 4.69) is 5.32 Å². The molecule has 1 saturated heterocycles. The van der Waals surface area contributed by atoms with Crippen LogP contribution in [0.15, 0.2) is 24.6 Å². The summed E-state index contributed by atoms with van der Waals surface area (Å²) in [6.45, 7) is -0.424. The molecule has 2 rings (SSSR count). The summed E-state index contributed by atoms with van der Waals surface area (Å²) in [5, 5.41) is 30.7. The predicted molar refractivity (Wildman–Crippen MR) is 56.4 cm³/mol. The number of aliphatic hydroxyl groups is 3. The van der Waals surface area contributed by atoms with Gasteiger partial charge in [-0.05, 0) is 12.2 Å². The summed E-state index contributed by atoms with van der Waals surface area (Å²) in [4.78, 5) is 12.8. The molecular formula is C10H14N2O5. The first-order valence-electron chi connectivity index (χ1n) is 5.20. The van der Waals surface area contributed by atoms with Gasteiger partial charge in [-0.25, -0.2) is 4.79 Å². The zero-order valence-electron chi connectivity index (χ0n) is 8.93. The Morgan fingerprint density at radius 3 is 2.76 bits per heavy atom. The molecule has 2 amide bonds.